The molecule has 1 N–H and O–H groups in total. The second-order valence-electron chi connectivity index (χ2n) is 7.34. The van der Waals surface area contributed by atoms with Gasteiger partial charge in [0.2, 0.25) is 15.9 Å². The Hall–Kier alpha value is -1.55. The minimum Gasteiger partial charge on any atom is -0.495 e. The van der Waals surface area contributed by atoms with E-state index < -0.39 is 16.1 Å². The van der Waals surface area contributed by atoms with E-state index in [-0.39, 0.29) is 11.6 Å². The summed E-state index contributed by atoms with van der Waals surface area (Å²) in [7, 11) is -0.190. The average molecular weight is 447 g/mol. The second kappa shape index (κ2) is 10.5. The molecule has 0 aromatic heterocycles. The number of carbonyl (C=O) groups excluding carboxylic acids is 1. The minimum atomic E-state index is -3.74. The number of ether oxygens (including phenoxy) is 1. The number of methoxy groups -OCH3 is 1. The molecular formula is C19H31ClN4O4S. The second-order valence-corrected chi connectivity index (χ2v) is 9.64. The lowest BCUT2D eigenvalue weighted by atomic mass is 10.2. The molecular weight excluding hydrogens is 416 g/mol. The largest absolute Gasteiger partial charge is 0.495 e. The Morgan fingerprint density at radius 2 is 1.97 bits per heavy atom. The van der Waals surface area contributed by atoms with Crippen LogP contribution in [0, 0.1) is 0 Å². The standard InChI is InChI=1S/C19H31ClN4O4S/c1-15(19(25)21-8-5-9-23-12-10-22(2)11-13-23)24(29(4,26)27)17-14-16(20)6-7-18(17)28-3/h6-7,14-15H,5,8-13H2,1-4H3,(H,21,25)/t15-/m0/s1. The van der Waals surface area contributed by atoms with Gasteiger partial charge in [0.05, 0.1) is 19.1 Å². The van der Waals surface area contributed by atoms with Gasteiger partial charge in [-0.15, -0.1) is 0 Å². The highest BCUT2D eigenvalue weighted by Crippen LogP contribution is 2.34. The Balaban J connectivity index is 2.00. The van der Waals surface area contributed by atoms with E-state index in [0.717, 1.165) is 49.7 Å². The van der Waals surface area contributed by atoms with Crippen LogP contribution in [0.25, 0.3) is 0 Å². The van der Waals surface area contributed by atoms with Crippen molar-refractivity contribution >= 4 is 33.2 Å². The van der Waals surface area contributed by atoms with Crippen molar-refractivity contribution in [3.05, 3.63) is 23.2 Å². The number of piperazine rings is 1. The number of halogens is 1. The summed E-state index contributed by atoms with van der Waals surface area (Å²) >= 11 is 6.05. The van der Waals surface area contributed by atoms with Crippen LogP contribution in [0.15, 0.2) is 18.2 Å². The molecule has 0 unspecified atom stereocenters. The molecule has 0 spiro atoms. The molecule has 29 heavy (non-hydrogen) atoms. The Kier molecular flexibility index (Phi) is 8.57. The summed E-state index contributed by atoms with van der Waals surface area (Å²) in [5.74, 6) is -0.0367. The molecule has 8 nitrogen and oxygen atoms in total. The number of rotatable bonds is 9. The third-order valence-corrected chi connectivity index (χ3v) is 6.48. The summed E-state index contributed by atoms with van der Waals surface area (Å²) in [5, 5.41) is 3.21. The summed E-state index contributed by atoms with van der Waals surface area (Å²) in [6.07, 6.45) is 1.87. The summed E-state index contributed by atoms with van der Waals surface area (Å²) in [4.78, 5) is 17.3. The monoisotopic (exact) mass is 446 g/mol. The van der Waals surface area contributed by atoms with E-state index in [0.29, 0.717) is 17.3 Å². The number of amides is 1. The summed E-state index contributed by atoms with van der Waals surface area (Å²) in [6, 6.07) is 3.73. The number of anilines is 1. The van der Waals surface area contributed by atoms with E-state index in [9.17, 15) is 13.2 Å². The number of carbonyl (C=O) groups is 1. The lowest BCUT2D eigenvalue weighted by Gasteiger charge is -2.32. The molecule has 1 fully saturated rings. The minimum absolute atomic E-state index is 0.239. The number of sulfonamides is 1. The maximum absolute atomic E-state index is 12.7. The lowest BCUT2D eigenvalue weighted by Crippen LogP contribution is -2.48. The zero-order chi connectivity index (χ0) is 21.6. The van der Waals surface area contributed by atoms with Crippen LogP contribution in [0.4, 0.5) is 5.69 Å². The fourth-order valence-corrected chi connectivity index (χ4v) is 4.69. The van der Waals surface area contributed by atoms with Crippen molar-refractivity contribution in [2.24, 2.45) is 0 Å². The fraction of sp³-hybridized carbons (Fsp3) is 0.632. The Labute approximate surface area is 178 Å². The van der Waals surface area contributed by atoms with E-state index in [1.165, 1.54) is 13.2 Å². The highest BCUT2D eigenvalue weighted by atomic mass is 35.5. The highest BCUT2D eigenvalue weighted by molar-refractivity contribution is 7.92. The normalized spacial score (nSPS) is 17.0. The van der Waals surface area contributed by atoms with Crippen molar-refractivity contribution in [2.45, 2.75) is 19.4 Å². The maximum atomic E-state index is 12.7. The highest BCUT2D eigenvalue weighted by Gasteiger charge is 2.31. The van der Waals surface area contributed by atoms with Gasteiger partial charge in [0.1, 0.15) is 11.8 Å². The molecule has 1 heterocycles. The first-order valence-electron chi connectivity index (χ1n) is 9.65. The van der Waals surface area contributed by atoms with Crippen molar-refractivity contribution < 1.29 is 17.9 Å². The number of nitrogens with zero attached hydrogens (tertiary/aromatic N) is 3. The molecule has 1 aliphatic rings. The molecule has 1 aliphatic heterocycles. The number of benzene rings is 1. The number of nitrogens with one attached hydrogen (secondary N) is 1. The maximum Gasteiger partial charge on any atom is 0.243 e. The summed E-state index contributed by atoms with van der Waals surface area (Å²) < 4.78 is 31.2. The SMILES string of the molecule is COc1ccc(Cl)cc1N([C@@H](C)C(=O)NCCCN1CCN(C)CC1)S(C)(=O)=O. The van der Waals surface area contributed by atoms with Crippen LogP contribution in [-0.2, 0) is 14.8 Å². The van der Waals surface area contributed by atoms with E-state index >= 15 is 0 Å². The smallest absolute Gasteiger partial charge is 0.243 e. The molecule has 10 heteroatoms. The first-order chi connectivity index (χ1) is 13.6. The molecule has 1 amide bonds. The van der Waals surface area contributed by atoms with Gasteiger partial charge in [-0.3, -0.25) is 9.10 Å². The van der Waals surface area contributed by atoms with E-state index in [1.54, 1.807) is 19.1 Å². The Bertz CT molecular complexity index is 797. The van der Waals surface area contributed by atoms with E-state index in [1.807, 2.05) is 0 Å². The van der Waals surface area contributed by atoms with Crippen LogP contribution in [0.3, 0.4) is 0 Å². The molecule has 2 rings (SSSR count). The van der Waals surface area contributed by atoms with Crippen molar-refractivity contribution in [1.82, 2.24) is 15.1 Å². The number of hydrogen-bond donors (Lipinski definition) is 1. The fourth-order valence-electron chi connectivity index (χ4n) is 3.35. The van der Waals surface area contributed by atoms with E-state index in [2.05, 4.69) is 22.2 Å². The summed E-state index contributed by atoms with van der Waals surface area (Å²) in [6.45, 7) is 7.09. The molecule has 0 radical (unpaired) electrons. The van der Waals surface area contributed by atoms with Gasteiger partial charge in [-0.2, -0.15) is 0 Å². The number of hydrogen-bond acceptors (Lipinski definition) is 6. The van der Waals surface area contributed by atoms with Crippen LogP contribution >= 0.6 is 11.6 Å². The van der Waals surface area contributed by atoms with Crippen molar-refractivity contribution in [1.29, 1.82) is 0 Å². The van der Waals surface area contributed by atoms with Crippen LogP contribution in [0.2, 0.25) is 5.02 Å². The molecule has 0 saturated carbocycles. The van der Waals surface area contributed by atoms with Gasteiger partial charge < -0.3 is 19.9 Å². The van der Waals surface area contributed by atoms with E-state index in [4.69, 9.17) is 16.3 Å². The first-order valence-corrected chi connectivity index (χ1v) is 11.9. The van der Waals surface area contributed by atoms with Crippen molar-refractivity contribution in [2.75, 3.05) is 64.0 Å². The van der Waals surface area contributed by atoms with Gasteiger partial charge in [0, 0.05) is 37.7 Å². The van der Waals surface area contributed by atoms with Gasteiger partial charge in [-0.1, -0.05) is 11.6 Å². The average Bonchev–Trinajstić information content (AvgIpc) is 2.65. The van der Waals surface area contributed by atoms with Crippen LogP contribution in [0.5, 0.6) is 5.75 Å². The lowest BCUT2D eigenvalue weighted by molar-refractivity contribution is -0.121. The van der Waals surface area contributed by atoms with Gasteiger partial charge in [0.15, 0.2) is 0 Å². The van der Waals surface area contributed by atoms with Crippen LogP contribution in [0.1, 0.15) is 13.3 Å². The van der Waals surface area contributed by atoms with Crippen molar-refractivity contribution in [3.8, 4) is 5.75 Å². The van der Waals surface area contributed by atoms with Gasteiger partial charge in [-0.25, -0.2) is 8.42 Å². The first kappa shape index (κ1) is 23.7. The molecule has 0 bridgehead atoms. The zero-order valence-electron chi connectivity index (χ0n) is 17.5. The third-order valence-electron chi connectivity index (χ3n) is 5.01. The Morgan fingerprint density at radius 3 is 2.55 bits per heavy atom. The molecule has 1 atom stereocenters. The molecule has 0 aliphatic carbocycles. The molecule has 1 aromatic rings. The predicted molar refractivity (Wildman–Crippen MR) is 116 cm³/mol. The predicted octanol–water partition coefficient (Wildman–Crippen LogP) is 1.26. The van der Waals surface area contributed by atoms with Gasteiger partial charge >= 0.3 is 0 Å². The molecule has 164 valence electrons. The zero-order valence-corrected chi connectivity index (χ0v) is 19.1. The quantitative estimate of drug-likeness (QED) is 0.575. The number of likely N-dealkylation sites (N-methyl/N-ethyl adjacent to an activating group) is 1. The van der Waals surface area contributed by atoms with Crippen molar-refractivity contribution in [3.63, 3.8) is 0 Å². The van der Waals surface area contributed by atoms with Crippen LogP contribution in [-0.4, -0.2) is 89.8 Å². The van der Waals surface area contributed by atoms with Gasteiger partial charge in [0.25, 0.3) is 0 Å². The van der Waals surface area contributed by atoms with Crippen LogP contribution < -0.4 is 14.4 Å². The topological polar surface area (TPSA) is 82.2 Å². The third kappa shape index (κ3) is 6.74. The summed E-state index contributed by atoms with van der Waals surface area (Å²) in [5.41, 5.74) is 0.239. The van der Waals surface area contributed by atoms with Gasteiger partial charge in [-0.05, 0) is 45.1 Å². The Morgan fingerprint density at radius 1 is 1.31 bits per heavy atom. The molecule has 1 saturated heterocycles. The molecule has 1 aromatic carbocycles.